The first-order chi connectivity index (χ1) is 10.7. The van der Waals surface area contributed by atoms with Crippen LogP contribution in [0.1, 0.15) is 52.4 Å². The molecular formula is C17H25F3O3. The van der Waals surface area contributed by atoms with Gasteiger partial charge in [-0.15, -0.1) is 0 Å². The van der Waals surface area contributed by atoms with Crippen LogP contribution in [0.3, 0.4) is 0 Å². The van der Waals surface area contributed by atoms with Crippen molar-refractivity contribution in [2.75, 3.05) is 0 Å². The highest BCUT2D eigenvalue weighted by Crippen LogP contribution is 2.46. The number of fused-ring (bicyclic) bond motifs is 1. The van der Waals surface area contributed by atoms with Gasteiger partial charge in [0.1, 0.15) is 6.10 Å². The van der Waals surface area contributed by atoms with Crippen LogP contribution < -0.4 is 0 Å². The first-order valence-corrected chi connectivity index (χ1v) is 8.31. The van der Waals surface area contributed by atoms with E-state index in [2.05, 4.69) is 0 Å². The molecule has 2 aliphatic rings. The molecule has 0 aromatic carbocycles. The molecule has 5 atom stereocenters. The van der Waals surface area contributed by atoms with Crippen molar-refractivity contribution in [2.45, 2.75) is 70.8 Å². The lowest BCUT2D eigenvalue weighted by Crippen LogP contribution is -2.44. The van der Waals surface area contributed by atoms with Gasteiger partial charge in [0.25, 0.3) is 0 Å². The summed E-state index contributed by atoms with van der Waals surface area (Å²) in [5.41, 5.74) is -2.14. The molecule has 1 N–H and O–H groups in total. The Morgan fingerprint density at radius 2 is 2.09 bits per heavy atom. The normalized spacial score (nSPS) is 31.9. The zero-order chi connectivity index (χ0) is 17.3. The summed E-state index contributed by atoms with van der Waals surface area (Å²) < 4.78 is 45.3. The molecule has 1 saturated carbocycles. The van der Waals surface area contributed by atoms with Crippen molar-refractivity contribution in [3.8, 4) is 0 Å². The second-order valence-corrected chi connectivity index (χ2v) is 6.99. The first kappa shape index (κ1) is 18.3. The average Bonchev–Trinajstić information content (AvgIpc) is 3.00. The number of hydrogen-bond acceptors (Lipinski definition) is 3. The zero-order valence-corrected chi connectivity index (χ0v) is 13.6. The van der Waals surface area contributed by atoms with E-state index >= 15 is 0 Å². The summed E-state index contributed by atoms with van der Waals surface area (Å²) >= 11 is 0. The van der Waals surface area contributed by atoms with E-state index in [1.165, 1.54) is 6.08 Å². The second-order valence-electron chi connectivity index (χ2n) is 6.99. The van der Waals surface area contributed by atoms with Crippen LogP contribution in [0, 0.1) is 17.3 Å². The van der Waals surface area contributed by atoms with Gasteiger partial charge in [-0.2, -0.15) is 13.2 Å². The van der Waals surface area contributed by atoms with E-state index in [1.807, 2.05) is 6.92 Å². The van der Waals surface area contributed by atoms with Gasteiger partial charge in [-0.3, -0.25) is 4.79 Å². The quantitative estimate of drug-likeness (QED) is 0.590. The molecule has 0 bridgehead atoms. The minimum absolute atomic E-state index is 0.00441. The molecular weight excluding hydrogens is 309 g/mol. The molecule has 1 heterocycles. The van der Waals surface area contributed by atoms with Gasteiger partial charge in [-0.05, 0) is 32.1 Å². The highest BCUT2D eigenvalue weighted by atomic mass is 19.4. The highest BCUT2D eigenvalue weighted by Gasteiger charge is 2.54. The molecule has 0 amide bonds. The molecule has 0 aromatic rings. The van der Waals surface area contributed by atoms with E-state index < -0.39 is 17.7 Å². The van der Waals surface area contributed by atoms with Gasteiger partial charge in [0.2, 0.25) is 0 Å². The maximum absolute atomic E-state index is 13.4. The maximum atomic E-state index is 13.4. The number of carbonyl (C=O) groups is 1. The summed E-state index contributed by atoms with van der Waals surface area (Å²) in [6, 6.07) is 0. The SMILES string of the molecule is CCCCC(C)(C(O)/C=C/C1CCC2OC(=O)CC12)C(F)(F)F. The van der Waals surface area contributed by atoms with Crippen molar-refractivity contribution in [1.82, 2.24) is 0 Å². The Labute approximate surface area is 134 Å². The molecule has 6 heteroatoms. The Morgan fingerprint density at radius 1 is 1.39 bits per heavy atom. The van der Waals surface area contributed by atoms with E-state index in [-0.39, 0.29) is 30.3 Å². The predicted molar refractivity (Wildman–Crippen MR) is 79.5 cm³/mol. The van der Waals surface area contributed by atoms with Gasteiger partial charge in [0, 0.05) is 5.92 Å². The summed E-state index contributed by atoms with van der Waals surface area (Å²) in [5, 5.41) is 10.2. The fourth-order valence-corrected chi connectivity index (χ4v) is 3.60. The summed E-state index contributed by atoms with van der Waals surface area (Å²) in [6.45, 7) is 2.91. The van der Waals surface area contributed by atoms with Crippen LogP contribution in [0.2, 0.25) is 0 Å². The molecule has 2 fully saturated rings. The first-order valence-electron chi connectivity index (χ1n) is 8.31. The number of aliphatic hydroxyl groups excluding tert-OH is 1. The fourth-order valence-electron chi connectivity index (χ4n) is 3.60. The van der Waals surface area contributed by atoms with Crippen LogP contribution in [0.25, 0.3) is 0 Å². The van der Waals surface area contributed by atoms with E-state index in [4.69, 9.17) is 4.74 Å². The molecule has 0 radical (unpaired) electrons. The minimum atomic E-state index is -4.46. The largest absolute Gasteiger partial charge is 0.462 e. The van der Waals surface area contributed by atoms with E-state index in [9.17, 15) is 23.1 Å². The van der Waals surface area contributed by atoms with Gasteiger partial charge >= 0.3 is 12.1 Å². The summed E-state index contributed by atoms with van der Waals surface area (Å²) in [7, 11) is 0. The van der Waals surface area contributed by atoms with Gasteiger partial charge in [-0.1, -0.05) is 31.9 Å². The second kappa shape index (κ2) is 6.83. The monoisotopic (exact) mass is 334 g/mol. The van der Waals surface area contributed by atoms with Crippen molar-refractivity contribution in [3.63, 3.8) is 0 Å². The van der Waals surface area contributed by atoms with Crippen molar-refractivity contribution >= 4 is 5.97 Å². The average molecular weight is 334 g/mol. The van der Waals surface area contributed by atoms with E-state index in [0.717, 1.165) is 19.8 Å². The summed E-state index contributed by atoms with van der Waals surface area (Å²) in [5.74, 6) is -0.190. The van der Waals surface area contributed by atoms with Crippen LogP contribution in [-0.2, 0) is 9.53 Å². The number of halogens is 3. The highest BCUT2D eigenvalue weighted by molar-refractivity contribution is 5.72. The smallest absolute Gasteiger partial charge is 0.397 e. The van der Waals surface area contributed by atoms with Crippen LogP contribution in [-0.4, -0.2) is 29.5 Å². The lowest BCUT2D eigenvalue weighted by Gasteiger charge is -2.35. The van der Waals surface area contributed by atoms with E-state index in [0.29, 0.717) is 19.3 Å². The van der Waals surface area contributed by atoms with Gasteiger partial charge in [0.15, 0.2) is 0 Å². The third kappa shape index (κ3) is 3.73. The van der Waals surface area contributed by atoms with Crippen molar-refractivity contribution in [3.05, 3.63) is 12.2 Å². The van der Waals surface area contributed by atoms with Crippen LogP contribution in [0.5, 0.6) is 0 Å². The van der Waals surface area contributed by atoms with Gasteiger partial charge < -0.3 is 9.84 Å². The summed E-state index contributed by atoms with van der Waals surface area (Å²) in [4.78, 5) is 11.3. The number of esters is 1. The van der Waals surface area contributed by atoms with Crippen LogP contribution >= 0.6 is 0 Å². The van der Waals surface area contributed by atoms with Crippen LogP contribution in [0.15, 0.2) is 12.2 Å². The van der Waals surface area contributed by atoms with E-state index in [1.54, 1.807) is 6.08 Å². The molecule has 0 aromatic heterocycles. The summed E-state index contributed by atoms with van der Waals surface area (Å²) in [6.07, 6.45) is -0.403. The molecule has 23 heavy (non-hydrogen) atoms. The van der Waals surface area contributed by atoms with Crippen molar-refractivity contribution in [2.24, 2.45) is 17.3 Å². The number of rotatable bonds is 6. The minimum Gasteiger partial charge on any atom is -0.462 e. The molecule has 1 aliphatic carbocycles. The molecule has 3 nitrogen and oxygen atoms in total. The number of alkyl halides is 3. The van der Waals surface area contributed by atoms with Crippen LogP contribution in [0.4, 0.5) is 13.2 Å². The third-order valence-electron chi connectivity index (χ3n) is 5.39. The molecule has 0 spiro atoms. The molecule has 2 rings (SSSR count). The molecule has 1 saturated heterocycles. The van der Waals surface area contributed by atoms with Crippen molar-refractivity contribution in [1.29, 1.82) is 0 Å². The lowest BCUT2D eigenvalue weighted by molar-refractivity contribution is -0.244. The number of aliphatic hydroxyl groups is 1. The number of unbranched alkanes of at least 4 members (excludes halogenated alkanes) is 1. The fraction of sp³-hybridized carbons (Fsp3) is 0.824. The number of ether oxygens (including phenoxy) is 1. The number of carbonyl (C=O) groups excluding carboxylic acids is 1. The van der Waals surface area contributed by atoms with Gasteiger partial charge in [0.05, 0.1) is 17.9 Å². The molecule has 1 aliphatic heterocycles. The maximum Gasteiger partial charge on any atom is 0.397 e. The molecule has 132 valence electrons. The lowest BCUT2D eigenvalue weighted by atomic mass is 9.78. The Balaban J connectivity index is 2.06. The zero-order valence-electron chi connectivity index (χ0n) is 13.6. The third-order valence-corrected chi connectivity index (χ3v) is 5.39. The Kier molecular flexibility index (Phi) is 5.44. The molecule has 5 unspecified atom stereocenters. The topological polar surface area (TPSA) is 46.5 Å². The Bertz CT molecular complexity index is 460. The number of hydrogen-bond donors (Lipinski definition) is 1. The van der Waals surface area contributed by atoms with Gasteiger partial charge in [-0.25, -0.2) is 0 Å². The Morgan fingerprint density at radius 3 is 2.70 bits per heavy atom. The number of allylic oxidation sites excluding steroid dienone is 1. The standard InChI is InChI=1S/C17H25F3O3/c1-3-4-9-16(2,17(18,19)20)14(21)8-6-11-5-7-13-12(11)10-15(22)23-13/h6,8,11-14,21H,3-5,7,9-10H2,1-2H3/b8-6+. The van der Waals surface area contributed by atoms with Crippen molar-refractivity contribution < 1.29 is 27.8 Å². The Hall–Kier alpha value is -1.04. The predicted octanol–water partition coefficient (Wildman–Crippen LogP) is 4.00.